The number of aliphatic hydroxyl groups is 1. The van der Waals surface area contributed by atoms with Crippen molar-refractivity contribution in [2.45, 2.75) is 208 Å². The third-order valence-corrected chi connectivity index (χ3v) is 19.5. The Bertz CT molecular complexity index is 4860. The molecule has 0 saturated carbocycles. The summed E-state index contributed by atoms with van der Waals surface area (Å²) in [6.07, 6.45) is -8.48. The summed E-state index contributed by atoms with van der Waals surface area (Å²) in [6, 6.07) is -9.66. The second kappa shape index (κ2) is 53.8. The number of rotatable bonds is 59. The third kappa shape index (κ3) is 38.9. The van der Waals surface area contributed by atoms with Gasteiger partial charge < -0.3 is 156 Å². The Morgan fingerprint density at radius 2 is 0.705 bits per heavy atom. The number of guanidine groups is 1. The minimum Gasteiger partial charge on any atom is -0.508 e. The van der Waals surface area contributed by atoms with Crippen LogP contribution in [0.1, 0.15) is 121 Å². The second-order valence-electron chi connectivity index (χ2n) is 30.9. The fourth-order valence-corrected chi connectivity index (χ4v) is 12.8. The van der Waals surface area contributed by atoms with Gasteiger partial charge in [0, 0.05) is 62.2 Å². The molecular weight excluding hydrogens is 1740 g/mol. The van der Waals surface area contributed by atoms with Crippen LogP contribution in [0.25, 0.3) is 10.9 Å². The summed E-state index contributed by atoms with van der Waals surface area (Å²) in [7, 11) is 0. The van der Waals surface area contributed by atoms with Crippen molar-refractivity contribution in [3.05, 3.63) is 95.7 Å². The van der Waals surface area contributed by atoms with Gasteiger partial charge >= 0.3 is 11.9 Å². The summed E-state index contributed by atoms with van der Waals surface area (Å²) in [4.78, 5) is 299. The van der Waals surface area contributed by atoms with Crippen LogP contribution < -0.4 is 126 Å². The largest absolute Gasteiger partial charge is 0.508 e. The van der Waals surface area contributed by atoms with Gasteiger partial charge in [-0.05, 0) is 98.4 Å². The maximum absolute atomic E-state index is 14.6. The van der Waals surface area contributed by atoms with Gasteiger partial charge in [0.05, 0.1) is 38.8 Å². The van der Waals surface area contributed by atoms with Gasteiger partial charge in [-0.2, -0.15) is 0 Å². The Morgan fingerprint density at radius 1 is 0.371 bits per heavy atom. The summed E-state index contributed by atoms with van der Waals surface area (Å²) in [5.41, 5.74) is 44.6. The number of H-pyrrole nitrogens is 1. The first-order valence-corrected chi connectivity index (χ1v) is 41.0. The van der Waals surface area contributed by atoms with E-state index in [1.54, 1.807) is 38.1 Å². The van der Waals surface area contributed by atoms with Gasteiger partial charge in [-0.3, -0.25) is 106 Å². The molecule has 52 heteroatoms. The first-order valence-electron chi connectivity index (χ1n) is 41.0. The van der Waals surface area contributed by atoms with Crippen molar-refractivity contribution in [3.63, 3.8) is 0 Å². The number of aromatic hydroxyl groups is 2. The summed E-state index contributed by atoms with van der Waals surface area (Å²) in [5.74, 6) is -28.9. The molecule has 1 aromatic heterocycles. The number of carboxylic acid groups (broad SMARTS) is 2. The number of para-hydroxylation sites is 1. The maximum Gasteiger partial charge on any atom is 0.326 e. The van der Waals surface area contributed by atoms with Crippen molar-refractivity contribution in [3.8, 4) is 11.5 Å². The Balaban J connectivity index is 1.63. The monoisotopic (exact) mass is 1860 g/mol. The van der Waals surface area contributed by atoms with Gasteiger partial charge in [0.1, 0.15) is 96.1 Å². The van der Waals surface area contributed by atoms with E-state index in [9.17, 15) is 131 Å². The van der Waals surface area contributed by atoms with Gasteiger partial charge in [0.15, 0.2) is 5.96 Å². The van der Waals surface area contributed by atoms with E-state index in [1.165, 1.54) is 42.6 Å². The number of carbonyl (C=O) groups excluding carboxylic acids is 20. The number of amides is 20. The van der Waals surface area contributed by atoms with Gasteiger partial charge in [-0.15, -0.1) is 0 Å². The molecule has 1 unspecified atom stereocenters. The number of benzene rings is 3. The summed E-state index contributed by atoms with van der Waals surface area (Å²) in [5, 5.41) is 93.2. The Morgan fingerprint density at radius 3 is 1.11 bits per heavy atom. The minimum absolute atomic E-state index is 0.127. The molecule has 4 rings (SSSR count). The Labute approximate surface area is 752 Å². The number of carbonyl (C=O) groups is 22. The van der Waals surface area contributed by atoms with E-state index < -0.39 is 330 Å². The molecule has 52 nitrogen and oxygen atoms in total. The number of phenols is 2. The average molecular weight is 1860 g/mol. The van der Waals surface area contributed by atoms with Crippen LogP contribution in [0.2, 0.25) is 0 Å². The van der Waals surface area contributed by atoms with E-state index >= 15 is 0 Å². The van der Waals surface area contributed by atoms with Crippen LogP contribution in [-0.4, -0.2) is 271 Å². The minimum atomic E-state index is -2.19. The van der Waals surface area contributed by atoms with Crippen LogP contribution in [0.15, 0.2) is 79.0 Å². The number of fused-ring (bicyclic) bond motifs is 1. The van der Waals surface area contributed by atoms with E-state index in [0.717, 1.165) is 19.1 Å². The number of hydrogen-bond acceptors (Lipinski definition) is 27. The molecule has 38 N–H and O–H groups in total. The smallest absolute Gasteiger partial charge is 0.326 e. The van der Waals surface area contributed by atoms with Crippen molar-refractivity contribution >= 4 is 147 Å². The Hall–Kier alpha value is -15.7. The zero-order chi connectivity index (χ0) is 98.9. The number of primary amides is 6. The second-order valence-corrected chi connectivity index (χ2v) is 30.9. The molecule has 720 valence electrons. The maximum atomic E-state index is 14.6. The standard InChI is InChI=1S/C80H113N25O27/c1-36(2)25-49(70(122)99-50(26-38-10-14-41(107)15-11-38)71(123)102-54(30-62(86)113)75(127)97-48(79(131)132)20-23-60(84)111)98-69(121)46(18-21-58(82)109)94-66(118)37(3)92-67(119)45(9-6-24-90-80(88)89)95-68(120)47(19-22-59(83)110)96-78(130)57(35-106)105-76(128)55(31-63(87)114)103-72(124)51(27-39-12-16-42(108)17-13-39)100-77(129)56(32-65(116)117)104-73(125)52(28-40-34-91-44-8-5-4-7-43(40)44)101-74(126)53(29-61(85)112)93-64(115)33-81/h4-5,7-8,10-17,34,36-37,45-57,91,106-108H,6,9,18-33,35,81H2,1-3H3,(H2,82,109)(H2,83,110)(H2,84,111)(H2,85,112)(H2,86,113)(H2,87,114)(H,92,119)(H,93,115)(H,94,118)(H,95,120)(H,96,130)(H,97,127)(H,98,121)(H,99,122)(H,100,129)(H,101,126)(H,102,123)(H,103,124)(H,104,125)(H,105,128)(H,116,117)(H,131,132)(H4,88,89,90)/t37-,45-,46-,47-,48?,49-,50-,51-,52-,53-,54-,55-,56-,57-/m0/s1. The van der Waals surface area contributed by atoms with E-state index in [1.807, 2.05) is 0 Å². The van der Waals surface area contributed by atoms with Gasteiger partial charge in [-0.1, -0.05) is 56.3 Å². The van der Waals surface area contributed by atoms with Crippen molar-refractivity contribution in [1.82, 2.24) is 84.7 Å². The van der Waals surface area contributed by atoms with Gasteiger partial charge in [0.25, 0.3) is 0 Å². The van der Waals surface area contributed by atoms with E-state index in [2.05, 4.69) is 84.7 Å². The quantitative estimate of drug-likeness (QED) is 0.0111. The molecule has 0 bridgehead atoms. The molecular formula is C80H113N25O27. The van der Waals surface area contributed by atoms with Crippen LogP contribution in [0.4, 0.5) is 0 Å². The molecule has 1 heterocycles. The molecule has 0 aliphatic carbocycles. The van der Waals surface area contributed by atoms with Gasteiger partial charge in [0.2, 0.25) is 118 Å². The van der Waals surface area contributed by atoms with E-state index in [-0.39, 0.29) is 42.0 Å². The first-order chi connectivity index (χ1) is 62.1. The highest BCUT2D eigenvalue weighted by Gasteiger charge is 2.40. The molecule has 132 heavy (non-hydrogen) atoms. The zero-order valence-corrected chi connectivity index (χ0v) is 71.9. The molecule has 3 aromatic carbocycles. The molecule has 4 aromatic rings. The first kappa shape index (κ1) is 109. The number of phenolic OH excluding ortho intramolecular Hbond substituents is 2. The lowest BCUT2D eigenvalue weighted by Gasteiger charge is -2.28. The number of aliphatic carboxylic acids is 2. The molecule has 0 spiro atoms. The zero-order valence-electron chi connectivity index (χ0n) is 71.9. The lowest BCUT2D eigenvalue weighted by molar-refractivity contribution is -0.143. The van der Waals surface area contributed by atoms with Crippen molar-refractivity contribution < 1.29 is 131 Å². The number of aliphatic hydroxyl groups excluding tert-OH is 1. The number of nitrogens with one attached hydrogen (secondary N) is 17. The van der Waals surface area contributed by atoms with E-state index in [4.69, 9.17) is 51.3 Å². The summed E-state index contributed by atoms with van der Waals surface area (Å²) >= 11 is 0. The van der Waals surface area contributed by atoms with Crippen molar-refractivity contribution in [1.29, 1.82) is 5.41 Å². The summed E-state index contributed by atoms with van der Waals surface area (Å²) in [6.45, 7) is 2.14. The molecule has 0 saturated heterocycles. The van der Waals surface area contributed by atoms with Gasteiger partial charge in [-0.25, -0.2) is 4.79 Å². The molecule has 0 aliphatic heterocycles. The van der Waals surface area contributed by atoms with Crippen molar-refractivity contribution in [2.24, 2.45) is 51.8 Å². The highest BCUT2D eigenvalue weighted by molar-refractivity contribution is 6.03. The molecule has 14 atom stereocenters. The highest BCUT2D eigenvalue weighted by atomic mass is 16.4. The predicted octanol–water partition coefficient (Wildman–Crippen LogP) is -11.3. The normalized spacial score (nSPS) is 14.1. The molecule has 0 aliphatic rings. The molecule has 0 radical (unpaired) electrons. The lowest BCUT2D eigenvalue weighted by atomic mass is 10.00. The van der Waals surface area contributed by atoms with Crippen LogP contribution in [-0.2, 0) is 125 Å². The number of aromatic amines is 1. The van der Waals surface area contributed by atoms with Crippen LogP contribution in [0, 0.1) is 11.3 Å². The lowest BCUT2D eigenvalue weighted by Crippen LogP contribution is -2.62. The topological polar surface area (TPSA) is 905 Å². The van der Waals surface area contributed by atoms with Crippen LogP contribution in [0.5, 0.6) is 11.5 Å². The number of nitrogens with two attached hydrogens (primary N) is 8. The average Bonchev–Trinajstić information content (AvgIpc) is 1.67. The fourth-order valence-electron chi connectivity index (χ4n) is 12.8. The predicted molar refractivity (Wildman–Crippen MR) is 460 cm³/mol. The van der Waals surface area contributed by atoms with Crippen molar-refractivity contribution in [2.75, 3.05) is 19.7 Å². The highest BCUT2D eigenvalue weighted by Crippen LogP contribution is 2.21. The third-order valence-electron chi connectivity index (χ3n) is 19.5. The number of hydrogen-bond donors (Lipinski definition) is 30. The number of carboxylic acids is 2. The summed E-state index contributed by atoms with van der Waals surface area (Å²) < 4.78 is 0. The number of aromatic nitrogens is 1. The Kier molecular flexibility index (Phi) is 44.3. The molecule has 0 fully saturated rings. The van der Waals surface area contributed by atoms with Crippen LogP contribution >= 0.6 is 0 Å². The van der Waals surface area contributed by atoms with Crippen LogP contribution in [0.3, 0.4) is 0 Å². The van der Waals surface area contributed by atoms with E-state index in [0.29, 0.717) is 16.5 Å². The molecule has 20 amide bonds. The SMILES string of the molecule is CC(C)C[C@H](NC(=O)[C@H](CCC(N)=O)NC(=O)[C@H](C)NC(=O)[C@H](CCCNC(=N)N)NC(=O)[C@H](CCC(N)=O)NC(=O)[C@H](CO)NC(=O)[C@H](CC(N)=O)NC(=O)[C@H](Cc1ccc(O)cc1)NC(=O)[C@H](CC(=O)O)NC(=O)[C@H](Cc1c[nH]c2ccccc12)NC(=O)[C@H](CC(N)=O)NC(=O)CN)C(=O)N[C@@H](Cc1ccc(O)cc1)C(=O)N[C@@H](CC(N)=O)C(=O)NC(CCC(N)=O)C(=O)O. The fraction of sp³-hybridized carbons (Fsp3) is 0.463.